The minimum atomic E-state index is -4.80. The highest BCUT2D eigenvalue weighted by Gasteiger charge is 2.42. The fraction of sp³-hybridized carbons (Fsp3) is 0.484. The maximum absolute atomic E-state index is 14.0. The molecule has 1 saturated heterocycles. The Morgan fingerprint density at radius 2 is 1.96 bits per heavy atom. The number of aromatic nitrogens is 2. The lowest BCUT2D eigenvalue weighted by Gasteiger charge is -2.46. The number of likely N-dealkylation sites (N-methyl/N-ethyl adjacent to an activating group) is 1. The number of halogens is 3. The average Bonchev–Trinajstić information content (AvgIpc) is 3.04. The number of nitrogens with zero attached hydrogens (tertiary/aromatic N) is 4. The third-order valence-electron chi connectivity index (χ3n) is 7.70. The van der Waals surface area contributed by atoms with Crippen molar-refractivity contribution in [3.8, 4) is 0 Å². The van der Waals surface area contributed by atoms with Crippen molar-refractivity contribution in [2.75, 3.05) is 58.2 Å². The van der Waals surface area contributed by atoms with Crippen LogP contribution >= 0.6 is 0 Å². The zero-order valence-corrected chi connectivity index (χ0v) is 26.0. The molecule has 45 heavy (non-hydrogen) atoms. The number of piperazine rings is 1. The van der Waals surface area contributed by atoms with Gasteiger partial charge in [-0.2, -0.15) is 13.2 Å². The fourth-order valence-electron chi connectivity index (χ4n) is 5.52. The molecule has 0 aromatic carbocycles. The van der Waals surface area contributed by atoms with Gasteiger partial charge in [0.1, 0.15) is 11.5 Å². The number of carbonyl (C=O) groups excluding carboxylic acids is 2. The third-order valence-corrected chi connectivity index (χ3v) is 7.70. The van der Waals surface area contributed by atoms with Crippen LogP contribution in [0.4, 0.5) is 19.0 Å². The summed E-state index contributed by atoms with van der Waals surface area (Å²) in [6.07, 6.45) is 2.76. The molecule has 0 aliphatic carbocycles. The Morgan fingerprint density at radius 3 is 2.60 bits per heavy atom. The maximum Gasteiger partial charge on any atom is 0.434 e. The molecule has 1 unspecified atom stereocenters. The summed E-state index contributed by atoms with van der Waals surface area (Å²) in [6.45, 7) is 7.82. The molecule has 4 heterocycles. The first-order valence-electron chi connectivity index (χ1n) is 15.1. The molecule has 11 nitrogen and oxygen atoms in total. The molecule has 4 N–H and O–H groups in total. The van der Waals surface area contributed by atoms with Crippen LogP contribution in [0.5, 0.6) is 0 Å². The molecule has 2 aliphatic rings. The predicted octanol–water partition coefficient (Wildman–Crippen LogP) is 3.06. The number of ether oxygens (including phenoxy) is 1. The quantitative estimate of drug-likeness (QED) is 0.262. The van der Waals surface area contributed by atoms with Gasteiger partial charge in [-0.3, -0.25) is 14.6 Å². The van der Waals surface area contributed by atoms with Gasteiger partial charge in [-0.15, -0.1) is 0 Å². The van der Waals surface area contributed by atoms with Crippen molar-refractivity contribution in [1.82, 2.24) is 35.7 Å². The Labute approximate surface area is 261 Å². The van der Waals surface area contributed by atoms with Gasteiger partial charge in [-0.1, -0.05) is 13.0 Å². The van der Waals surface area contributed by atoms with Crippen molar-refractivity contribution >= 4 is 17.6 Å². The first-order chi connectivity index (χ1) is 21.6. The molecule has 0 spiro atoms. The molecule has 2 aromatic heterocycles. The number of rotatable bonds is 12. The minimum Gasteiger partial charge on any atom is -0.370 e. The van der Waals surface area contributed by atoms with E-state index in [0.29, 0.717) is 43.9 Å². The molecule has 2 aliphatic heterocycles. The van der Waals surface area contributed by atoms with Gasteiger partial charge in [0.2, 0.25) is 0 Å². The topological polar surface area (TPSA) is 124 Å². The number of amides is 2. The van der Waals surface area contributed by atoms with Gasteiger partial charge in [-0.05, 0) is 57.7 Å². The molecule has 0 radical (unpaired) electrons. The largest absolute Gasteiger partial charge is 0.434 e. The molecule has 244 valence electrons. The average molecular weight is 631 g/mol. The zero-order chi connectivity index (χ0) is 32.6. The summed E-state index contributed by atoms with van der Waals surface area (Å²) in [5, 5.41) is 12.0. The van der Waals surface area contributed by atoms with E-state index < -0.39 is 29.1 Å². The van der Waals surface area contributed by atoms with Crippen molar-refractivity contribution in [3.05, 3.63) is 77.0 Å². The smallest absolute Gasteiger partial charge is 0.370 e. The van der Waals surface area contributed by atoms with Crippen LogP contribution < -0.4 is 21.3 Å². The second-order valence-corrected chi connectivity index (χ2v) is 10.6. The highest BCUT2D eigenvalue weighted by Crippen LogP contribution is 2.35. The molecule has 0 bridgehead atoms. The molecule has 4 rings (SSSR count). The summed E-state index contributed by atoms with van der Waals surface area (Å²) < 4.78 is 48.1. The van der Waals surface area contributed by atoms with Crippen molar-refractivity contribution in [1.29, 1.82) is 0 Å². The van der Waals surface area contributed by atoms with Crippen LogP contribution in [-0.2, 0) is 21.4 Å². The van der Waals surface area contributed by atoms with Crippen LogP contribution in [0.1, 0.15) is 48.8 Å². The summed E-state index contributed by atoms with van der Waals surface area (Å²) in [4.78, 5) is 38.6. The van der Waals surface area contributed by atoms with Gasteiger partial charge < -0.3 is 35.8 Å². The molecule has 0 saturated carbocycles. The number of hydrogen-bond acceptors (Lipinski definition) is 9. The van der Waals surface area contributed by atoms with Crippen LogP contribution in [0.25, 0.3) is 0 Å². The van der Waals surface area contributed by atoms with E-state index in [-0.39, 0.29) is 43.1 Å². The standard InChI is InChI=1S/C31H41F3N8O3/c1-5-22-20-41(29(44)23-10-11-25(37-6-2)39-27(23)31(32,33)34)17-18-42(22)24-12-13-30(45-7-3,21-9-8-14-36-19-21)40-26(24)28(43)38-16-15-35-4/h8-14,19,22,35,40H,5-7,15-18,20H2,1-4H3,(H,37,39)(H,38,43)/t22-,30?/m1/s1. The lowest BCUT2D eigenvalue weighted by atomic mass is 9.97. The molecular weight excluding hydrogens is 589 g/mol. The molecule has 2 aromatic rings. The highest BCUT2D eigenvalue weighted by atomic mass is 19.4. The SMILES string of the molecule is CCNc1ccc(C(=O)N2CCN(C3=C(C(=O)NCCNC)NC(OCC)(c4cccnc4)C=C3)[C@H](CC)C2)c(C(F)(F)F)n1. The molecule has 14 heteroatoms. The first-order valence-corrected chi connectivity index (χ1v) is 15.1. The highest BCUT2D eigenvalue weighted by molar-refractivity contribution is 5.96. The maximum atomic E-state index is 14.0. The van der Waals surface area contributed by atoms with Crippen LogP contribution in [0, 0.1) is 0 Å². The second kappa shape index (κ2) is 14.7. The fourth-order valence-corrected chi connectivity index (χ4v) is 5.52. The second-order valence-electron chi connectivity index (χ2n) is 10.6. The molecule has 2 atom stereocenters. The minimum absolute atomic E-state index is 0.0519. The number of alkyl halides is 3. The lowest BCUT2D eigenvalue weighted by Crippen LogP contribution is -2.56. The van der Waals surface area contributed by atoms with Crippen LogP contribution in [0.15, 0.2) is 60.2 Å². The van der Waals surface area contributed by atoms with E-state index in [1.165, 1.54) is 17.0 Å². The lowest BCUT2D eigenvalue weighted by molar-refractivity contribution is -0.141. The van der Waals surface area contributed by atoms with Crippen LogP contribution in [0.2, 0.25) is 0 Å². The van der Waals surface area contributed by atoms with Gasteiger partial charge >= 0.3 is 6.18 Å². The monoisotopic (exact) mass is 630 g/mol. The summed E-state index contributed by atoms with van der Waals surface area (Å²) in [5.74, 6) is -1.03. The van der Waals surface area contributed by atoms with E-state index in [4.69, 9.17) is 4.74 Å². The van der Waals surface area contributed by atoms with Gasteiger partial charge in [0.15, 0.2) is 11.4 Å². The number of carbonyl (C=O) groups is 2. The summed E-state index contributed by atoms with van der Waals surface area (Å²) in [6, 6.07) is 5.92. The summed E-state index contributed by atoms with van der Waals surface area (Å²) >= 11 is 0. The van der Waals surface area contributed by atoms with Crippen molar-refractivity contribution in [3.63, 3.8) is 0 Å². The van der Waals surface area contributed by atoms with Crippen molar-refractivity contribution in [2.45, 2.75) is 45.1 Å². The Morgan fingerprint density at radius 1 is 1.16 bits per heavy atom. The van der Waals surface area contributed by atoms with E-state index in [2.05, 4.69) is 31.2 Å². The number of anilines is 1. The third kappa shape index (κ3) is 7.56. The predicted molar refractivity (Wildman–Crippen MR) is 164 cm³/mol. The Kier molecular flexibility index (Phi) is 11.0. The first kappa shape index (κ1) is 33.7. The Balaban J connectivity index is 1.65. The molecule has 1 fully saturated rings. The number of nitrogens with one attached hydrogen (secondary N) is 4. The number of dihydropyridines is 1. The van der Waals surface area contributed by atoms with E-state index >= 15 is 0 Å². The van der Waals surface area contributed by atoms with E-state index in [1.54, 1.807) is 32.4 Å². The summed E-state index contributed by atoms with van der Waals surface area (Å²) in [7, 11) is 1.79. The van der Waals surface area contributed by atoms with Gasteiger partial charge in [0, 0.05) is 69.9 Å². The molecule has 2 amide bonds. The van der Waals surface area contributed by atoms with E-state index in [9.17, 15) is 22.8 Å². The van der Waals surface area contributed by atoms with E-state index in [0.717, 1.165) is 0 Å². The zero-order valence-electron chi connectivity index (χ0n) is 26.0. The van der Waals surface area contributed by atoms with E-state index in [1.807, 2.05) is 37.0 Å². The Bertz CT molecular complexity index is 1400. The van der Waals surface area contributed by atoms with Gasteiger partial charge in [0.05, 0.1) is 11.3 Å². The Hall–Kier alpha value is -4.17. The summed E-state index contributed by atoms with van der Waals surface area (Å²) in [5.41, 5.74) is -1.27. The van der Waals surface area contributed by atoms with Crippen molar-refractivity contribution in [2.24, 2.45) is 0 Å². The number of allylic oxidation sites excluding steroid dienone is 1. The number of hydrogen-bond donors (Lipinski definition) is 4. The van der Waals surface area contributed by atoms with Crippen molar-refractivity contribution < 1.29 is 27.5 Å². The number of pyridine rings is 2. The van der Waals surface area contributed by atoms with Gasteiger partial charge in [0.25, 0.3) is 11.8 Å². The van der Waals surface area contributed by atoms with Crippen LogP contribution in [0.3, 0.4) is 0 Å². The van der Waals surface area contributed by atoms with Crippen LogP contribution in [-0.4, -0.2) is 90.5 Å². The molecular formula is C31H41F3N8O3. The normalized spacial score (nSPS) is 20.2. The van der Waals surface area contributed by atoms with Gasteiger partial charge in [-0.25, -0.2) is 4.98 Å².